The largest absolute Gasteiger partial charge is 0.508 e. The highest BCUT2D eigenvalue weighted by atomic mass is 16.3. The van der Waals surface area contributed by atoms with E-state index in [1.165, 1.54) is 30.3 Å². The summed E-state index contributed by atoms with van der Waals surface area (Å²) in [4.78, 5) is 0. The lowest BCUT2D eigenvalue weighted by Gasteiger charge is -2.14. The summed E-state index contributed by atoms with van der Waals surface area (Å²) < 4.78 is 0. The van der Waals surface area contributed by atoms with Gasteiger partial charge in [0, 0.05) is 11.5 Å². The van der Waals surface area contributed by atoms with Crippen molar-refractivity contribution in [1.82, 2.24) is 0 Å². The van der Waals surface area contributed by atoms with Crippen molar-refractivity contribution in [2.75, 3.05) is 0 Å². The molecule has 4 rings (SSSR count). The lowest BCUT2D eigenvalue weighted by Crippen LogP contribution is -1.85. The molecule has 0 saturated carbocycles. The van der Waals surface area contributed by atoms with Crippen LogP contribution in [0.5, 0.6) is 34.5 Å². The third kappa shape index (κ3) is 1.77. The minimum atomic E-state index is -0.362. The third-order valence-corrected chi connectivity index (χ3v) is 4.18. The molecule has 6 heteroatoms. The van der Waals surface area contributed by atoms with Gasteiger partial charge in [0.1, 0.15) is 11.5 Å². The van der Waals surface area contributed by atoms with Gasteiger partial charge in [-0.3, -0.25) is 0 Å². The van der Waals surface area contributed by atoms with Crippen LogP contribution < -0.4 is 0 Å². The number of hydrogen-bond acceptors (Lipinski definition) is 6. The van der Waals surface area contributed by atoms with Crippen molar-refractivity contribution in [3.05, 3.63) is 36.4 Å². The molecule has 0 radical (unpaired) electrons. The van der Waals surface area contributed by atoms with Crippen LogP contribution in [0.25, 0.3) is 32.3 Å². The predicted molar refractivity (Wildman–Crippen MR) is 88.9 cm³/mol. The molecule has 0 heterocycles. The second-order valence-corrected chi connectivity index (χ2v) is 5.66. The van der Waals surface area contributed by atoms with Crippen LogP contribution in [0.2, 0.25) is 0 Å². The molecule has 6 N–H and O–H groups in total. The monoisotopic (exact) mass is 324 g/mol. The molecule has 0 saturated heterocycles. The van der Waals surface area contributed by atoms with Crippen molar-refractivity contribution >= 4 is 32.3 Å². The minimum Gasteiger partial charge on any atom is -0.508 e. The van der Waals surface area contributed by atoms with Gasteiger partial charge in [0.25, 0.3) is 0 Å². The fourth-order valence-corrected chi connectivity index (χ4v) is 3.14. The Morgan fingerprint density at radius 1 is 0.375 bits per heavy atom. The summed E-state index contributed by atoms with van der Waals surface area (Å²) >= 11 is 0. The summed E-state index contributed by atoms with van der Waals surface area (Å²) in [5.74, 6) is -1.80. The molecule has 0 fully saturated rings. The Morgan fingerprint density at radius 3 is 1.25 bits per heavy atom. The lowest BCUT2D eigenvalue weighted by molar-refractivity contribution is 0.404. The normalized spacial score (nSPS) is 11.5. The third-order valence-electron chi connectivity index (χ3n) is 4.18. The van der Waals surface area contributed by atoms with E-state index >= 15 is 0 Å². The first-order valence-corrected chi connectivity index (χ1v) is 7.06. The van der Waals surface area contributed by atoms with Crippen molar-refractivity contribution < 1.29 is 30.6 Å². The molecule has 0 amide bonds. The molecule has 0 atom stereocenters. The maximum atomic E-state index is 10.3. The first-order valence-electron chi connectivity index (χ1n) is 7.06. The molecule has 120 valence electrons. The first-order chi connectivity index (χ1) is 11.4. The van der Waals surface area contributed by atoms with Gasteiger partial charge in [-0.25, -0.2) is 0 Å². The van der Waals surface area contributed by atoms with Crippen LogP contribution in [0.1, 0.15) is 0 Å². The Kier molecular flexibility index (Phi) is 2.63. The molecular weight excluding hydrogens is 312 g/mol. The fourth-order valence-electron chi connectivity index (χ4n) is 3.14. The number of hydrogen-bond donors (Lipinski definition) is 6. The summed E-state index contributed by atoms with van der Waals surface area (Å²) in [7, 11) is 0. The molecule has 0 aromatic heterocycles. The van der Waals surface area contributed by atoms with Gasteiger partial charge in [-0.2, -0.15) is 0 Å². The van der Waals surface area contributed by atoms with Gasteiger partial charge in [0.15, 0.2) is 23.0 Å². The molecule has 24 heavy (non-hydrogen) atoms. The number of phenolic OH excluding ortho intramolecular Hbond substituents is 6. The molecule has 0 aliphatic carbocycles. The van der Waals surface area contributed by atoms with Crippen LogP contribution in [0.15, 0.2) is 36.4 Å². The van der Waals surface area contributed by atoms with Gasteiger partial charge in [-0.1, -0.05) is 0 Å². The van der Waals surface area contributed by atoms with Crippen LogP contribution in [0, 0.1) is 0 Å². The van der Waals surface area contributed by atoms with Crippen molar-refractivity contribution in [3.8, 4) is 34.5 Å². The number of aromatic hydroxyl groups is 6. The number of fused-ring (bicyclic) bond motifs is 6. The van der Waals surface area contributed by atoms with Crippen LogP contribution in [-0.2, 0) is 0 Å². The highest BCUT2D eigenvalue weighted by Gasteiger charge is 2.17. The van der Waals surface area contributed by atoms with E-state index in [0.29, 0.717) is 32.3 Å². The van der Waals surface area contributed by atoms with Gasteiger partial charge < -0.3 is 30.6 Å². The molecule has 4 aromatic rings. The Morgan fingerprint density at radius 2 is 0.750 bits per heavy atom. The Labute approximate surface area is 134 Å². The summed E-state index contributed by atoms with van der Waals surface area (Å²) in [5.41, 5.74) is 0. The second kappa shape index (κ2) is 4.48. The van der Waals surface area contributed by atoms with Gasteiger partial charge in [0.2, 0.25) is 0 Å². The number of benzene rings is 4. The van der Waals surface area contributed by atoms with Gasteiger partial charge in [-0.05, 0) is 57.3 Å². The smallest absolute Gasteiger partial charge is 0.158 e. The van der Waals surface area contributed by atoms with E-state index in [1.54, 1.807) is 0 Å². The summed E-state index contributed by atoms with van der Waals surface area (Å²) in [6.07, 6.45) is 0. The van der Waals surface area contributed by atoms with E-state index in [-0.39, 0.29) is 34.5 Å². The fraction of sp³-hybridized carbons (Fsp3) is 0. The van der Waals surface area contributed by atoms with Gasteiger partial charge in [0.05, 0.1) is 0 Å². The highest BCUT2D eigenvalue weighted by Crippen LogP contribution is 2.46. The Balaban J connectivity index is 2.43. The maximum Gasteiger partial charge on any atom is 0.158 e. The first kappa shape index (κ1) is 14.1. The van der Waals surface area contributed by atoms with Crippen LogP contribution in [-0.4, -0.2) is 30.6 Å². The Bertz CT molecular complexity index is 1130. The summed E-state index contributed by atoms with van der Waals surface area (Å²) in [5, 5.41) is 62.0. The molecule has 6 nitrogen and oxygen atoms in total. The van der Waals surface area contributed by atoms with E-state index in [2.05, 4.69) is 0 Å². The van der Waals surface area contributed by atoms with E-state index < -0.39 is 0 Å². The van der Waals surface area contributed by atoms with Crippen molar-refractivity contribution in [2.24, 2.45) is 0 Å². The highest BCUT2D eigenvalue weighted by molar-refractivity contribution is 6.27. The SMILES string of the molecule is Oc1cc(O)c2c(c1)c1cc(O)c(O)cc1c1cc(O)c(O)cc12. The number of rotatable bonds is 0. The van der Waals surface area contributed by atoms with E-state index in [9.17, 15) is 30.6 Å². The van der Waals surface area contributed by atoms with Crippen molar-refractivity contribution in [3.63, 3.8) is 0 Å². The van der Waals surface area contributed by atoms with Crippen molar-refractivity contribution in [1.29, 1.82) is 0 Å². The maximum absolute atomic E-state index is 10.3. The molecule has 0 spiro atoms. The lowest BCUT2D eigenvalue weighted by atomic mass is 9.93. The zero-order valence-electron chi connectivity index (χ0n) is 12.1. The molecule has 0 aliphatic rings. The van der Waals surface area contributed by atoms with Gasteiger partial charge in [-0.15, -0.1) is 0 Å². The molecule has 4 aromatic carbocycles. The van der Waals surface area contributed by atoms with Crippen LogP contribution >= 0.6 is 0 Å². The van der Waals surface area contributed by atoms with Crippen LogP contribution in [0.4, 0.5) is 0 Å². The minimum absolute atomic E-state index is 0.170. The quantitative estimate of drug-likeness (QED) is 0.218. The second-order valence-electron chi connectivity index (χ2n) is 5.66. The van der Waals surface area contributed by atoms with Gasteiger partial charge >= 0.3 is 0 Å². The average molecular weight is 324 g/mol. The topological polar surface area (TPSA) is 121 Å². The van der Waals surface area contributed by atoms with Crippen LogP contribution in [0.3, 0.4) is 0 Å². The molecular formula is C18H12O6. The molecule has 0 aliphatic heterocycles. The van der Waals surface area contributed by atoms with E-state index in [0.717, 1.165) is 6.07 Å². The summed E-state index contributed by atoms with van der Waals surface area (Å²) in [6.45, 7) is 0. The van der Waals surface area contributed by atoms with E-state index in [1.807, 2.05) is 0 Å². The molecule has 0 unspecified atom stereocenters. The standard InChI is InChI=1S/C18H12O6/c19-7-1-11-9-4-14(21)13(20)3-8(9)10-5-15(22)16(23)6-12(10)18(11)17(24)2-7/h1-6,19-24H. The zero-order chi connectivity index (χ0) is 17.2. The predicted octanol–water partition coefficient (Wildman–Crippen LogP) is 3.38. The number of phenols is 6. The Hall–Kier alpha value is -3.54. The molecule has 0 bridgehead atoms. The average Bonchev–Trinajstić information content (AvgIpc) is 2.50. The zero-order valence-corrected chi connectivity index (χ0v) is 12.1. The van der Waals surface area contributed by atoms with Crippen molar-refractivity contribution in [2.45, 2.75) is 0 Å². The summed E-state index contributed by atoms with van der Waals surface area (Å²) in [6, 6.07) is 7.83. The van der Waals surface area contributed by atoms with E-state index in [4.69, 9.17) is 0 Å².